The Kier molecular flexibility index (Phi) is 2.46. The van der Waals surface area contributed by atoms with Gasteiger partial charge in [-0.3, -0.25) is 14.2 Å². The number of hydrogen-bond acceptors (Lipinski definition) is 2. The highest BCUT2D eigenvalue weighted by Gasteiger charge is 2.21. The standard InChI is InChI=1S/C20H16N2O/c1-12-9-10-13-14-6-4-8-17-19(14)22(18(13)11-12)20(23)15-5-2-3-7-16(15)21-17/h2-3,5,7,9-11H,4,6,8H2,1H3. The van der Waals surface area contributed by atoms with Crippen LogP contribution in [-0.4, -0.2) is 9.38 Å². The Bertz CT molecular complexity index is 1170. The van der Waals surface area contributed by atoms with Crippen LogP contribution in [0.15, 0.2) is 47.3 Å². The molecule has 2 aromatic carbocycles. The molecule has 23 heavy (non-hydrogen) atoms. The normalized spacial score (nSPS) is 14.0. The van der Waals surface area contributed by atoms with Gasteiger partial charge in [0.05, 0.1) is 27.6 Å². The smallest absolute Gasteiger partial charge is 0.265 e. The van der Waals surface area contributed by atoms with Gasteiger partial charge in [0.15, 0.2) is 0 Å². The fraction of sp³-hybridized carbons (Fsp3) is 0.200. The van der Waals surface area contributed by atoms with Crippen molar-refractivity contribution in [2.24, 2.45) is 0 Å². The minimum Gasteiger partial charge on any atom is -0.274 e. The average molecular weight is 300 g/mol. The molecule has 2 heterocycles. The Balaban J connectivity index is 2.20. The predicted octanol–water partition coefficient (Wildman–Crippen LogP) is 3.80. The number of rotatable bonds is 0. The van der Waals surface area contributed by atoms with Crippen molar-refractivity contribution in [1.29, 1.82) is 0 Å². The van der Waals surface area contributed by atoms with Crippen molar-refractivity contribution < 1.29 is 0 Å². The third kappa shape index (κ3) is 1.65. The maximum atomic E-state index is 13.2. The van der Waals surface area contributed by atoms with Crippen molar-refractivity contribution in [3.05, 3.63) is 69.6 Å². The fourth-order valence-corrected chi connectivity index (χ4v) is 3.91. The quantitative estimate of drug-likeness (QED) is 0.495. The molecule has 0 saturated carbocycles. The first-order valence-corrected chi connectivity index (χ1v) is 8.09. The second-order valence-electron chi connectivity index (χ2n) is 6.42. The number of aryl methyl sites for hydroxylation is 3. The topological polar surface area (TPSA) is 34.4 Å². The molecule has 0 unspecified atom stereocenters. The average Bonchev–Trinajstić information content (AvgIpc) is 2.82. The SMILES string of the molecule is Cc1ccc2c3c4c(nc5ccccc5c(=O)n4c2c1)CCC3. The van der Waals surface area contributed by atoms with Gasteiger partial charge in [-0.05, 0) is 55.5 Å². The summed E-state index contributed by atoms with van der Waals surface area (Å²) in [6, 6.07) is 14.1. The Morgan fingerprint density at radius 2 is 1.91 bits per heavy atom. The van der Waals surface area contributed by atoms with Crippen LogP contribution in [0, 0.1) is 6.92 Å². The van der Waals surface area contributed by atoms with Gasteiger partial charge in [0.1, 0.15) is 0 Å². The number of fused-ring (bicyclic) bond motifs is 4. The third-order valence-electron chi connectivity index (χ3n) is 4.94. The molecule has 2 aromatic heterocycles. The third-order valence-corrected chi connectivity index (χ3v) is 4.94. The molecule has 0 atom stereocenters. The number of para-hydroxylation sites is 1. The summed E-state index contributed by atoms with van der Waals surface area (Å²) in [6.07, 6.45) is 3.05. The van der Waals surface area contributed by atoms with Crippen molar-refractivity contribution in [3.63, 3.8) is 0 Å². The van der Waals surface area contributed by atoms with Crippen LogP contribution in [0.1, 0.15) is 23.2 Å². The van der Waals surface area contributed by atoms with Crippen LogP contribution in [-0.2, 0) is 12.8 Å². The van der Waals surface area contributed by atoms with E-state index in [1.54, 1.807) is 0 Å². The van der Waals surface area contributed by atoms with E-state index >= 15 is 0 Å². The zero-order chi connectivity index (χ0) is 15.6. The first-order chi connectivity index (χ1) is 11.2. The highest BCUT2D eigenvalue weighted by molar-refractivity contribution is 5.95. The number of nitrogens with zero attached hydrogens (tertiary/aromatic N) is 2. The molecular weight excluding hydrogens is 284 g/mol. The minimum absolute atomic E-state index is 0.0399. The maximum Gasteiger partial charge on any atom is 0.265 e. The Morgan fingerprint density at radius 1 is 1.04 bits per heavy atom. The lowest BCUT2D eigenvalue weighted by atomic mass is 9.97. The van der Waals surface area contributed by atoms with E-state index in [0.717, 1.165) is 41.5 Å². The van der Waals surface area contributed by atoms with E-state index < -0.39 is 0 Å². The van der Waals surface area contributed by atoms with Gasteiger partial charge < -0.3 is 0 Å². The van der Waals surface area contributed by atoms with E-state index in [-0.39, 0.29) is 5.56 Å². The molecule has 0 aliphatic heterocycles. The molecule has 0 amide bonds. The van der Waals surface area contributed by atoms with Crippen LogP contribution in [0.4, 0.5) is 0 Å². The zero-order valence-corrected chi connectivity index (χ0v) is 13.0. The van der Waals surface area contributed by atoms with E-state index in [1.807, 2.05) is 28.7 Å². The van der Waals surface area contributed by atoms with Gasteiger partial charge >= 0.3 is 0 Å². The molecule has 0 bridgehead atoms. The molecule has 1 aliphatic rings. The molecular formula is C20H16N2O. The molecule has 3 heteroatoms. The van der Waals surface area contributed by atoms with Crippen LogP contribution >= 0.6 is 0 Å². The summed E-state index contributed by atoms with van der Waals surface area (Å²) in [6.45, 7) is 2.07. The lowest BCUT2D eigenvalue weighted by Gasteiger charge is -2.09. The van der Waals surface area contributed by atoms with Crippen LogP contribution in [0.25, 0.3) is 27.3 Å². The molecule has 3 nitrogen and oxygen atoms in total. The maximum absolute atomic E-state index is 13.2. The van der Waals surface area contributed by atoms with E-state index in [4.69, 9.17) is 4.98 Å². The second kappa shape index (κ2) is 4.42. The largest absolute Gasteiger partial charge is 0.274 e. The van der Waals surface area contributed by atoms with Gasteiger partial charge in [-0.25, -0.2) is 0 Å². The van der Waals surface area contributed by atoms with Gasteiger partial charge in [-0.15, -0.1) is 0 Å². The van der Waals surface area contributed by atoms with Crippen LogP contribution < -0.4 is 5.56 Å². The summed E-state index contributed by atoms with van der Waals surface area (Å²) >= 11 is 0. The molecule has 4 aromatic rings. The molecule has 5 rings (SSSR count). The lowest BCUT2D eigenvalue weighted by Crippen LogP contribution is -2.11. The van der Waals surface area contributed by atoms with Crippen molar-refractivity contribution in [2.75, 3.05) is 0 Å². The summed E-state index contributed by atoms with van der Waals surface area (Å²) < 4.78 is 1.90. The minimum atomic E-state index is 0.0399. The molecule has 0 saturated heterocycles. The monoisotopic (exact) mass is 300 g/mol. The number of benzene rings is 2. The summed E-state index contributed by atoms with van der Waals surface area (Å²) in [5.74, 6) is 0. The van der Waals surface area contributed by atoms with Gasteiger partial charge in [0.2, 0.25) is 0 Å². The highest BCUT2D eigenvalue weighted by Crippen LogP contribution is 2.33. The highest BCUT2D eigenvalue weighted by atomic mass is 16.1. The van der Waals surface area contributed by atoms with Crippen LogP contribution in [0.2, 0.25) is 0 Å². The zero-order valence-electron chi connectivity index (χ0n) is 13.0. The lowest BCUT2D eigenvalue weighted by molar-refractivity contribution is 0.789. The molecule has 0 fully saturated rings. The second-order valence-corrected chi connectivity index (χ2v) is 6.42. The molecule has 0 radical (unpaired) electrons. The Labute approximate surface area is 133 Å². The fourth-order valence-electron chi connectivity index (χ4n) is 3.91. The van der Waals surface area contributed by atoms with Crippen LogP contribution in [0.5, 0.6) is 0 Å². The summed E-state index contributed by atoms with van der Waals surface area (Å²) in [4.78, 5) is 18.1. The van der Waals surface area contributed by atoms with Gasteiger partial charge in [0, 0.05) is 5.39 Å². The Morgan fingerprint density at radius 3 is 2.83 bits per heavy atom. The van der Waals surface area contributed by atoms with E-state index in [0.29, 0.717) is 5.39 Å². The summed E-state index contributed by atoms with van der Waals surface area (Å²) in [5.41, 5.74) is 6.41. The molecule has 0 spiro atoms. The first kappa shape index (κ1) is 12.8. The van der Waals surface area contributed by atoms with Crippen molar-refractivity contribution in [3.8, 4) is 0 Å². The van der Waals surface area contributed by atoms with E-state index in [2.05, 4.69) is 25.1 Å². The van der Waals surface area contributed by atoms with E-state index in [1.165, 1.54) is 16.5 Å². The van der Waals surface area contributed by atoms with Crippen molar-refractivity contribution in [1.82, 2.24) is 9.38 Å². The van der Waals surface area contributed by atoms with E-state index in [9.17, 15) is 4.79 Å². The van der Waals surface area contributed by atoms with Gasteiger partial charge in [0.25, 0.3) is 5.56 Å². The first-order valence-electron chi connectivity index (χ1n) is 8.09. The number of hydrogen-bond donors (Lipinski definition) is 0. The van der Waals surface area contributed by atoms with Crippen molar-refractivity contribution >= 4 is 27.3 Å². The van der Waals surface area contributed by atoms with Gasteiger partial charge in [-0.2, -0.15) is 0 Å². The van der Waals surface area contributed by atoms with Crippen molar-refractivity contribution in [2.45, 2.75) is 26.2 Å². The summed E-state index contributed by atoms with van der Waals surface area (Å²) in [5, 5.41) is 1.89. The Hall–Kier alpha value is -2.68. The molecule has 112 valence electrons. The number of aromatic nitrogens is 2. The van der Waals surface area contributed by atoms with Crippen LogP contribution in [0.3, 0.4) is 0 Å². The molecule has 1 aliphatic carbocycles. The van der Waals surface area contributed by atoms with Gasteiger partial charge in [-0.1, -0.05) is 24.3 Å². The molecule has 0 N–H and O–H groups in total. The summed E-state index contributed by atoms with van der Waals surface area (Å²) in [7, 11) is 0. The predicted molar refractivity (Wildman–Crippen MR) is 93.2 cm³/mol.